The maximum absolute atomic E-state index is 14.0. The molecule has 1 heterocycles. The van der Waals surface area contributed by atoms with Gasteiger partial charge in [-0.3, -0.25) is 9.44 Å². The molecule has 0 unspecified atom stereocenters. The second-order valence-electron chi connectivity index (χ2n) is 4.81. The third-order valence-corrected chi connectivity index (χ3v) is 5.06. The van der Waals surface area contributed by atoms with Crippen LogP contribution in [0.1, 0.15) is 0 Å². The quantitative estimate of drug-likeness (QED) is 0.706. The maximum Gasteiger partial charge on any atom is 0.262 e. The molecule has 136 valence electrons. The third kappa shape index (κ3) is 4.94. The van der Waals surface area contributed by atoms with Crippen LogP contribution in [0.2, 0.25) is 5.15 Å². The number of methoxy groups -OCH3 is 1. The zero-order valence-electron chi connectivity index (χ0n) is 12.9. The summed E-state index contributed by atoms with van der Waals surface area (Å²) in [6.07, 6.45) is 0.845. The standard InChI is InChI=1S/C13H13ClFN3O5S2/c1-23-12-6-5-11(13(14)16-12)18-25(21,22)8-3-4-10(9(15)7-8)17-24(2,19)20/h3-7,17-18H,1-2H3. The Morgan fingerprint density at radius 3 is 2.24 bits per heavy atom. The van der Waals surface area contributed by atoms with Crippen molar-refractivity contribution in [2.45, 2.75) is 4.90 Å². The fraction of sp³-hybridized carbons (Fsp3) is 0.154. The Morgan fingerprint density at radius 1 is 1.08 bits per heavy atom. The summed E-state index contributed by atoms with van der Waals surface area (Å²) >= 11 is 5.86. The fourth-order valence-corrected chi connectivity index (χ4v) is 3.65. The van der Waals surface area contributed by atoms with Crippen molar-refractivity contribution in [3.05, 3.63) is 41.3 Å². The summed E-state index contributed by atoms with van der Waals surface area (Å²) in [4.78, 5) is 3.39. The third-order valence-electron chi connectivity index (χ3n) is 2.82. The molecule has 0 radical (unpaired) electrons. The SMILES string of the molecule is COc1ccc(NS(=O)(=O)c2ccc(NS(C)(=O)=O)c(F)c2)c(Cl)n1. The van der Waals surface area contributed by atoms with Crippen LogP contribution in [-0.2, 0) is 20.0 Å². The Bertz CT molecular complexity index is 1010. The number of nitrogens with one attached hydrogen (secondary N) is 2. The minimum Gasteiger partial charge on any atom is -0.481 e. The highest BCUT2D eigenvalue weighted by Crippen LogP contribution is 2.26. The number of pyridine rings is 1. The van der Waals surface area contributed by atoms with Crippen LogP contribution in [0.15, 0.2) is 35.2 Å². The molecule has 0 spiro atoms. The number of aromatic nitrogens is 1. The van der Waals surface area contributed by atoms with Gasteiger partial charge in [0.2, 0.25) is 15.9 Å². The van der Waals surface area contributed by atoms with Gasteiger partial charge in [0.15, 0.2) is 5.15 Å². The molecule has 25 heavy (non-hydrogen) atoms. The molecule has 0 aliphatic heterocycles. The van der Waals surface area contributed by atoms with Crippen LogP contribution in [0.4, 0.5) is 15.8 Å². The summed E-state index contributed by atoms with van der Waals surface area (Å²) in [6.45, 7) is 0. The van der Waals surface area contributed by atoms with Gasteiger partial charge in [0.05, 0.1) is 29.6 Å². The van der Waals surface area contributed by atoms with Gasteiger partial charge in [-0.2, -0.15) is 4.98 Å². The number of sulfonamides is 2. The van der Waals surface area contributed by atoms with Crippen molar-refractivity contribution in [1.82, 2.24) is 4.98 Å². The summed E-state index contributed by atoms with van der Waals surface area (Å²) in [5.74, 6) is -0.859. The van der Waals surface area contributed by atoms with E-state index in [2.05, 4.69) is 9.71 Å². The molecular weight excluding hydrogens is 397 g/mol. The van der Waals surface area contributed by atoms with Crippen molar-refractivity contribution < 1.29 is 26.0 Å². The lowest BCUT2D eigenvalue weighted by Crippen LogP contribution is -2.15. The van der Waals surface area contributed by atoms with E-state index in [0.717, 1.165) is 18.4 Å². The molecule has 1 aromatic heterocycles. The number of anilines is 2. The molecule has 12 heteroatoms. The molecule has 0 amide bonds. The van der Waals surface area contributed by atoms with E-state index < -0.39 is 30.8 Å². The van der Waals surface area contributed by atoms with E-state index in [4.69, 9.17) is 16.3 Å². The molecule has 2 rings (SSSR count). The van der Waals surface area contributed by atoms with Gasteiger partial charge in [-0.25, -0.2) is 21.2 Å². The number of benzene rings is 1. The first-order valence-electron chi connectivity index (χ1n) is 6.52. The van der Waals surface area contributed by atoms with E-state index in [1.165, 1.54) is 19.2 Å². The Hall–Kier alpha value is -2.11. The number of rotatable bonds is 6. The normalized spacial score (nSPS) is 11.8. The first-order chi connectivity index (χ1) is 11.5. The van der Waals surface area contributed by atoms with Gasteiger partial charge in [0.25, 0.3) is 10.0 Å². The molecule has 0 fully saturated rings. The number of nitrogens with zero attached hydrogens (tertiary/aromatic N) is 1. The van der Waals surface area contributed by atoms with Crippen molar-refractivity contribution in [2.24, 2.45) is 0 Å². The van der Waals surface area contributed by atoms with Gasteiger partial charge >= 0.3 is 0 Å². The maximum atomic E-state index is 14.0. The van der Waals surface area contributed by atoms with Crippen molar-refractivity contribution >= 4 is 43.0 Å². The summed E-state index contributed by atoms with van der Waals surface area (Å²) in [5.41, 5.74) is -0.396. The Labute approximate surface area is 149 Å². The molecular formula is C13H13ClFN3O5S2. The van der Waals surface area contributed by atoms with Crippen molar-refractivity contribution in [3.63, 3.8) is 0 Å². The molecule has 1 aromatic carbocycles. The van der Waals surface area contributed by atoms with Crippen molar-refractivity contribution in [1.29, 1.82) is 0 Å². The average Bonchev–Trinajstić information content (AvgIpc) is 2.49. The number of hydrogen-bond acceptors (Lipinski definition) is 6. The Balaban J connectivity index is 2.32. The van der Waals surface area contributed by atoms with Crippen LogP contribution in [0.25, 0.3) is 0 Å². The van der Waals surface area contributed by atoms with Crippen LogP contribution in [0.5, 0.6) is 5.88 Å². The van der Waals surface area contributed by atoms with Crippen molar-refractivity contribution in [3.8, 4) is 5.88 Å². The molecule has 0 atom stereocenters. The number of hydrogen-bond donors (Lipinski definition) is 2. The van der Waals surface area contributed by atoms with E-state index in [1.54, 1.807) is 0 Å². The second-order valence-corrected chi connectivity index (χ2v) is 8.60. The fourth-order valence-electron chi connectivity index (χ4n) is 1.76. The van der Waals surface area contributed by atoms with Crippen molar-refractivity contribution in [2.75, 3.05) is 22.8 Å². The van der Waals surface area contributed by atoms with E-state index in [1.807, 2.05) is 4.72 Å². The van der Waals surface area contributed by atoms with Crippen LogP contribution >= 0.6 is 11.6 Å². The lowest BCUT2D eigenvalue weighted by molar-refractivity contribution is 0.398. The summed E-state index contributed by atoms with van der Waals surface area (Å²) < 4.78 is 69.8. The molecule has 0 bridgehead atoms. The Morgan fingerprint density at radius 2 is 1.72 bits per heavy atom. The van der Waals surface area contributed by atoms with Gasteiger partial charge in [-0.1, -0.05) is 11.6 Å². The zero-order valence-corrected chi connectivity index (χ0v) is 15.3. The highest BCUT2D eigenvalue weighted by Gasteiger charge is 2.19. The molecule has 0 aliphatic rings. The average molecular weight is 410 g/mol. The van der Waals surface area contributed by atoms with Crippen LogP contribution in [0, 0.1) is 5.82 Å². The first-order valence-corrected chi connectivity index (χ1v) is 10.3. The molecule has 0 saturated heterocycles. The van der Waals surface area contributed by atoms with Gasteiger partial charge in [0, 0.05) is 6.07 Å². The van der Waals surface area contributed by atoms with Crippen LogP contribution in [0.3, 0.4) is 0 Å². The van der Waals surface area contributed by atoms with E-state index in [9.17, 15) is 21.2 Å². The van der Waals surface area contributed by atoms with E-state index >= 15 is 0 Å². The van der Waals surface area contributed by atoms with Gasteiger partial charge < -0.3 is 4.74 Å². The monoisotopic (exact) mass is 409 g/mol. The number of halogens is 2. The molecule has 2 aromatic rings. The topological polar surface area (TPSA) is 114 Å². The minimum absolute atomic E-state index is 0.0267. The van der Waals surface area contributed by atoms with Gasteiger partial charge in [0.1, 0.15) is 5.82 Å². The molecule has 2 N–H and O–H groups in total. The van der Waals surface area contributed by atoms with Crippen LogP contribution in [-0.4, -0.2) is 35.2 Å². The van der Waals surface area contributed by atoms with Gasteiger partial charge in [-0.05, 0) is 24.3 Å². The van der Waals surface area contributed by atoms with E-state index in [0.29, 0.717) is 6.07 Å². The zero-order chi connectivity index (χ0) is 18.8. The molecule has 0 saturated carbocycles. The summed E-state index contributed by atoms with van der Waals surface area (Å²) in [6, 6.07) is 5.45. The highest BCUT2D eigenvalue weighted by atomic mass is 35.5. The predicted molar refractivity (Wildman–Crippen MR) is 91.5 cm³/mol. The smallest absolute Gasteiger partial charge is 0.262 e. The van der Waals surface area contributed by atoms with E-state index in [-0.39, 0.29) is 22.4 Å². The summed E-state index contributed by atoms with van der Waals surface area (Å²) in [5, 5.41) is -0.154. The number of ether oxygens (including phenoxy) is 1. The first kappa shape index (κ1) is 19.2. The highest BCUT2D eigenvalue weighted by molar-refractivity contribution is 7.92. The lowest BCUT2D eigenvalue weighted by atomic mass is 10.3. The predicted octanol–water partition coefficient (Wildman–Crippen LogP) is 2.05. The summed E-state index contributed by atoms with van der Waals surface area (Å²) in [7, 11) is -6.50. The largest absolute Gasteiger partial charge is 0.481 e. The second kappa shape index (κ2) is 7.02. The molecule has 8 nitrogen and oxygen atoms in total. The van der Waals surface area contributed by atoms with Gasteiger partial charge in [-0.15, -0.1) is 0 Å². The molecule has 0 aliphatic carbocycles. The van der Waals surface area contributed by atoms with Crippen LogP contribution < -0.4 is 14.2 Å². The minimum atomic E-state index is -4.17. The lowest BCUT2D eigenvalue weighted by Gasteiger charge is -2.11. The Kier molecular flexibility index (Phi) is 5.40.